The van der Waals surface area contributed by atoms with Gasteiger partial charge in [0, 0.05) is 0 Å². The molecular formula is C18H24SSb2. The van der Waals surface area contributed by atoms with Gasteiger partial charge >= 0.3 is 150 Å². The molecule has 0 heterocycles. The molecule has 0 saturated heterocycles. The Bertz CT molecular complexity index is 527. The molecular weight excluding hydrogens is 492 g/mol. The topological polar surface area (TPSA) is 0 Å². The molecule has 0 amide bonds. The summed E-state index contributed by atoms with van der Waals surface area (Å²) in [6.45, 7) is 0. The predicted molar refractivity (Wildman–Crippen MR) is 102 cm³/mol. The van der Waals surface area contributed by atoms with Crippen LogP contribution in [-0.4, -0.2) is 40.4 Å². The van der Waals surface area contributed by atoms with Crippen LogP contribution in [0.25, 0.3) is 0 Å². The molecule has 0 nitrogen and oxygen atoms in total. The number of thioether (sulfide) groups is 1. The Kier molecular flexibility index (Phi) is 7.54. The van der Waals surface area contributed by atoms with E-state index >= 15 is 0 Å². The van der Waals surface area contributed by atoms with Crippen LogP contribution in [0, 0.1) is 0 Å². The zero-order chi connectivity index (χ0) is 15.2. The van der Waals surface area contributed by atoms with Crippen LogP contribution in [0.15, 0.2) is 48.5 Å². The van der Waals surface area contributed by atoms with Crippen LogP contribution in [0.1, 0.15) is 11.1 Å². The summed E-state index contributed by atoms with van der Waals surface area (Å²) < 4.78 is 3.37. The molecule has 0 aliphatic carbocycles. The average Bonchev–Trinajstić information content (AvgIpc) is 2.48. The van der Waals surface area contributed by atoms with Crippen LogP contribution in [0.5, 0.6) is 0 Å². The SMILES string of the molecule is [CH3][Sb]([CH3])[c]1ccccc1CSCc1cccc[c]1[Sb]([CH3])[CH3]. The fourth-order valence-electron chi connectivity index (χ4n) is 2.41. The summed E-state index contributed by atoms with van der Waals surface area (Å²) in [6, 6.07) is 18.2. The first kappa shape index (κ1) is 17.8. The first-order valence-electron chi connectivity index (χ1n) is 7.18. The first-order valence-corrected chi connectivity index (χ1v) is 21.1. The van der Waals surface area contributed by atoms with Gasteiger partial charge in [0.25, 0.3) is 0 Å². The molecule has 0 N–H and O–H groups in total. The molecule has 0 spiro atoms. The van der Waals surface area contributed by atoms with E-state index in [0.717, 1.165) is 11.5 Å². The van der Waals surface area contributed by atoms with E-state index in [9.17, 15) is 0 Å². The fourth-order valence-corrected chi connectivity index (χ4v) is 10.4. The minimum absolute atomic E-state index is 1.14. The van der Waals surface area contributed by atoms with E-state index in [1.165, 1.54) is 0 Å². The van der Waals surface area contributed by atoms with Crippen molar-refractivity contribution in [2.24, 2.45) is 0 Å². The van der Waals surface area contributed by atoms with Crippen LogP contribution >= 0.6 is 11.8 Å². The molecule has 0 atom stereocenters. The number of benzene rings is 2. The number of hydrogen-bond donors (Lipinski definition) is 0. The molecule has 2 aromatic rings. The molecule has 3 heteroatoms. The van der Waals surface area contributed by atoms with Gasteiger partial charge in [0.1, 0.15) is 0 Å². The molecule has 0 radical (unpaired) electrons. The molecule has 0 aromatic heterocycles. The monoisotopic (exact) mass is 514 g/mol. The van der Waals surface area contributed by atoms with Crippen molar-refractivity contribution in [3.8, 4) is 0 Å². The molecule has 0 unspecified atom stereocenters. The number of hydrogen-bond acceptors (Lipinski definition) is 1. The van der Waals surface area contributed by atoms with Crippen molar-refractivity contribution in [3.63, 3.8) is 0 Å². The van der Waals surface area contributed by atoms with E-state index in [-0.39, 0.29) is 0 Å². The van der Waals surface area contributed by atoms with E-state index in [1.807, 2.05) is 0 Å². The summed E-state index contributed by atoms with van der Waals surface area (Å²) >= 11 is -0.197. The maximum absolute atomic E-state index is 2.47. The van der Waals surface area contributed by atoms with Gasteiger partial charge in [0.05, 0.1) is 0 Å². The second-order valence-corrected chi connectivity index (χ2v) is 19.5. The molecule has 0 aliphatic heterocycles. The Hall–Kier alpha value is 0.426. The molecule has 112 valence electrons. The first-order chi connectivity index (χ1) is 10.1. The summed E-state index contributed by atoms with van der Waals surface area (Å²) in [5.41, 5.74) is 3.16. The van der Waals surface area contributed by atoms with Gasteiger partial charge in [0.15, 0.2) is 0 Å². The summed E-state index contributed by atoms with van der Waals surface area (Å²) in [7, 11) is 0. The van der Waals surface area contributed by atoms with Crippen molar-refractivity contribution in [2.45, 2.75) is 31.0 Å². The van der Waals surface area contributed by atoms with Gasteiger partial charge in [-0.2, -0.15) is 0 Å². The van der Waals surface area contributed by atoms with Gasteiger partial charge in [-0.05, 0) is 0 Å². The zero-order valence-corrected chi connectivity index (χ0v) is 19.3. The van der Waals surface area contributed by atoms with E-state index in [2.05, 4.69) is 79.8 Å². The second kappa shape index (κ2) is 8.90. The Morgan fingerprint density at radius 2 is 1.05 bits per heavy atom. The standard InChI is InChI=1S/C14H12S.4CH3.2Sb/c1-3-7-13(8-4-1)11-15-12-14-9-5-2-6-10-14;;;;;;/h1-7,9H,11-12H2;4*1H3;;. The van der Waals surface area contributed by atoms with E-state index < -0.39 is 40.4 Å². The summed E-state index contributed by atoms with van der Waals surface area (Å²) in [4.78, 5) is 9.86. The third kappa shape index (κ3) is 5.23. The van der Waals surface area contributed by atoms with E-state index in [0.29, 0.717) is 0 Å². The summed E-state index contributed by atoms with van der Waals surface area (Å²) in [5, 5.41) is 0. The van der Waals surface area contributed by atoms with E-state index in [4.69, 9.17) is 0 Å². The Morgan fingerprint density at radius 1 is 0.667 bits per heavy atom. The van der Waals surface area contributed by atoms with Gasteiger partial charge in [-0.25, -0.2) is 0 Å². The maximum atomic E-state index is 2.47. The predicted octanol–water partition coefficient (Wildman–Crippen LogP) is 4.04. The third-order valence-electron chi connectivity index (χ3n) is 3.46. The van der Waals surface area contributed by atoms with Crippen LogP contribution in [-0.2, 0) is 11.5 Å². The quantitative estimate of drug-likeness (QED) is 0.523. The van der Waals surface area contributed by atoms with Crippen LogP contribution < -0.4 is 7.02 Å². The molecule has 0 bridgehead atoms. The average molecular weight is 516 g/mol. The van der Waals surface area contributed by atoms with Crippen LogP contribution in [0.3, 0.4) is 0 Å². The molecule has 2 rings (SSSR count). The van der Waals surface area contributed by atoms with Gasteiger partial charge in [0.2, 0.25) is 0 Å². The minimum atomic E-state index is -1.14. The Labute approximate surface area is 148 Å². The normalized spacial score (nSPS) is 11.3. The van der Waals surface area contributed by atoms with Gasteiger partial charge in [-0.1, -0.05) is 0 Å². The fraction of sp³-hybridized carbons (Fsp3) is 0.333. The van der Waals surface area contributed by atoms with Crippen molar-refractivity contribution >= 4 is 59.2 Å². The Morgan fingerprint density at radius 3 is 1.43 bits per heavy atom. The van der Waals surface area contributed by atoms with Crippen LogP contribution in [0.2, 0.25) is 19.5 Å². The zero-order valence-electron chi connectivity index (χ0n) is 13.3. The molecule has 0 aliphatic rings. The second-order valence-electron chi connectivity index (χ2n) is 5.54. The van der Waals surface area contributed by atoms with Crippen molar-refractivity contribution in [2.75, 3.05) is 0 Å². The summed E-state index contributed by atoms with van der Waals surface area (Å²) in [5.74, 6) is 2.33. The van der Waals surface area contributed by atoms with E-state index in [1.54, 1.807) is 18.1 Å². The van der Waals surface area contributed by atoms with Crippen molar-refractivity contribution < 1.29 is 0 Å². The van der Waals surface area contributed by atoms with Crippen molar-refractivity contribution in [1.82, 2.24) is 0 Å². The molecule has 0 saturated carbocycles. The van der Waals surface area contributed by atoms with Crippen molar-refractivity contribution in [1.29, 1.82) is 0 Å². The van der Waals surface area contributed by atoms with Gasteiger partial charge < -0.3 is 0 Å². The van der Waals surface area contributed by atoms with Crippen molar-refractivity contribution in [3.05, 3.63) is 59.7 Å². The molecule has 2 aromatic carbocycles. The summed E-state index contributed by atoms with van der Waals surface area (Å²) in [6.07, 6.45) is 0. The van der Waals surface area contributed by atoms with Crippen LogP contribution in [0.4, 0.5) is 0 Å². The molecule has 21 heavy (non-hydrogen) atoms. The van der Waals surface area contributed by atoms with Gasteiger partial charge in [-0.3, -0.25) is 0 Å². The third-order valence-corrected chi connectivity index (χ3v) is 12.5. The number of rotatable bonds is 6. The molecule has 0 fully saturated rings. The van der Waals surface area contributed by atoms with Gasteiger partial charge in [-0.15, -0.1) is 0 Å². The Balaban J connectivity index is 2.03.